The number of hydrogen-bond acceptors (Lipinski definition) is 5. The van der Waals surface area contributed by atoms with Crippen molar-refractivity contribution in [3.05, 3.63) is 0 Å². The smallest absolute Gasteiger partial charge is 0.237 e. The Morgan fingerprint density at radius 3 is 2.22 bits per heavy atom. The maximum absolute atomic E-state index is 12.2. The zero-order valence-corrected chi connectivity index (χ0v) is 17.6. The first kappa shape index (κ1) is 24.4. The summed E-state index contributed by atoms with van der Waals surface area (Å²) in [5.74, 6) is 0.819. The average molecular weight is 425 g/mol. The number of ether oxygens (including phenoxy) is 1. The van der Waals surface area contributed by atoms with Crippen molar-refractivity contribution in [1.29, 1.82) is 0 Å². The van der Waals surface area contributed by atoms with E-state index in [1.807, 2.05) is 4.90 Å². The lowest BCUT2D eigenvalue weighted by atomic mass is 9.84. The van der Waals surface area contributed by atoms with Crippen LogP contribution in [0.2, 0.25) is 0 Å². The van der Waals surface area contributed by atoms with Gasteiger partial charge in [-0.15, -0.1) is 24.8 Å². The van der Waals surface area contributed by atoms with Gasteiger partial charge in [0.1, 0.15) is 0 Å². The summed E-state index contributed by atoms with van der Waals surface area (Å²) in [6.07, 6.45) is 5.07. The number of piperazine rings is 1. The van der Waals surface area contributed by atoms with Crippen molar-refractivity contribution in [3.8, 4) is 0 Å². The van der Waals surface area contributed by atoms with Gasteiger partial charge in [0.15, 0.2) is 0 Å². The van der Waals surface area contributed by atoms with Crippen LogP contribution in [-0.2, 0) is 14.3 Å². The van der Waals surface area contributed by atoms with Gasteiger partial charge in [-0.25, -0.2) is 0 Å². The third-order valence-electron chi connectivity index (χ3n) is 5.94. The van der Waals surface area contributed by atoms with Crippen LogP contribution in [0, 0.1) is 11.8 Å². The number of rotatable bonds is 6. The molecule has 1 atom stereocenters. The first-order chi connectivity index (χ1) is 12.1. The lowest BCUT2D eigenvalue weighted by Crippen LogP contribution is -2.53. The second-order valence-electron chi connectivity index (χ2n) is 7.56. The maximum atomic E-state index is 12.2. The zero-order valence-electron chi connectivity index (χ0n) is 15.9. The van der Waals surface area contributed by atoms with Crippen LogP contribution in [0.15, 0.2) is 0 Å². The molecule has 2 amide bonds. The van der Waals surface area contributed by atoms with Crippen molar-refractivity contribution < 1.29 is 14.3 Å². The van der Waals surface area contributed by atoms with Crippen molar-refractivity contribution in [2.45, 2.75) is 38.1 Å². The van der Waals surface area contributed by atoms with E-state index >= 15 is 0 Å². The molecule has 2 aliphatic heterocycles. The first-order valence-corrected chi connectivity index (χ1v) is 9.77. The minimum absolute atomic E-state index is 0. The van der Waals surface area contributed by atoms with Crippen LogP contribution in [0.25, 0.3) is 0 Å². The van der Waals surface area contributed by atoms with Crippen LogP contribution in [-0.4, -0.2) is 80.1 Å². The van der Waals surface area contributed by atoms with Crippen LogP contribution in [0.3, 0.4) is 0 Å². The molecule has 7 nitrogen and oxygen atoms in total. The van der Waals surface area contributed by atoms with E-state index in [1.165, 1.54) is 6.42 Å². The fourth-order valence-corrected chi connectivity index (χ4v) is 3.85. The van der Waals surface area contributed by atoms with Crippen molar-refractivity contribution in [2.24, 2.45) is 17.6 Å². The number of nitrogens with one attached hydrogen (secondary N) is 1. The number of carbonyl (C=O) groups is 2. The Labute approximate surface area is 174 Å². The third-order valence-corrected chi connectivity index (χ3v) is 5.94. The number of nitrogens with zero attached hydrogens (tertiary/aromatic N) is 2. The predicted octanol–water partition coefficient (Wildman–Crippen LogP) is 0.644. The number of carbonyl (C=O) groups excluding carboxylic acids is 2. The summed E-state index contributed by atoms with van der Waals surface area (Å²) in [7, 11) is 0. The minimum Gasteiger partial charge on any atom is -0.381 e. The Morgan fingerprint density at radius 1 is 1.04 bits per heavy atom. The molecule has 2 saturated heterocycles. The molecule has 1 saturated carbocycles. The van der Waals surface area contributed by atoms with Crippen molar-refractivity contribution in [3.63, 3.8) is 0 Å². The summed E-state index contributed by atoms with van der Waals surface area (Å²) in [6.45, 7) is 6.24. The van der Waals surface area contributed by atoms with Gasteiger partial charge in [0.25, 0.3) is 0 Å². The van der Waals surface area contributed by atoms with Gasteiger partial charge >= 0.3 is 0 Å². The number of halogens is 2. The SMILES string of the molecule is Cl.Cl.NC(C(=O)NCCN1CCN(C(=O)C2CCC2)CC1)C1CCOCC1. The van der Waals surface area contributed by atoms with Crippen LogP contribution in [0.5, 0.6) is 0 Å². The van der Waals surface area contributed by atoms with Gasteiger partial charge in [0.2, 0.25) is 11.8 Å². The molecule has 0 spiro atoms. The number of nitrogens with two attached hydrogens (primary N) is 1. The molecule has 3 rings (SSSR count). The molecule has 0 aromatic heterocycles. The molecular formula is C18H34Cl2N4O3. The van der Waals surface area contributed by atoms with Crippen molar-refractivity contribution in [2.75, 3.05) is 52.5 Å². The van der Waals surface area contributed by atoms with E-state index in [1.54, 1.807) is 0 Å². The molecule has 0 radical (unpaired) electrons. The fourth-order valence-electron chi connectivity index (χ4n) is 3.85. The van der Waals surface area contributed by atoms with E-state index in [0.29, 0.717) is 25.7 Å². The third kappa shape index (κ3) is 6.75. The molecule has 0 aromatic carbocycles. The van der Waals surface area contributed by atoms with E-state index in [-0.39, 0.29) is 42.6 Å². The molecular weight excluding hydrogens is 391 g/mol. The Bertz CT molecular complexity index is 466. The molecule has 2 heterocycles. The molecule has 1 unspecified atom stereocenters. The van der Waals surface area contributed by atoms with Crippen LogP contribution < -0.4 is 11.1 Å². The summed E-state index contributed by atoms with van der Waals surface area (Å²) >= 11 is 0. The van der Waals surface area contributed by atoms with Gasteiger partial charge in [-0.05, 0) is 31.6 Å². The van der Waals surface area contributed by atoms with Gasteiger partial charge in [-0.3, -0.25) is 14.5 Å². The largest absolute Gasteiger partial charge is 0.381 e. The summed E-state index contributed by atoms with van der Waals surface area (Å²) in [6, 6.07) is -0.430. The monoisotopic (exact) mass is 424 g/mol. The van der Waals surface area contributed by atoms with E-state index in [4.69, 9.17) is 10.5 Å². The highest BCUT2D eigenvalue weighted by atomic mass is 35.5. The summed E-state index contributed by atoms with van der Waals surface area (Å²) in [5, 5.41) is 2.97. The maximum Gasteiger partial charge on any atom is 0.237 e. The molecule has 9 heteroatoms. The predicted molar refractivity (Wildman–Crippen MR) is 109 cm³/mol. The lowest BCUT2D eigenvalue weighted by molar-refractivity contribution is -0.139. The fraction of sp³-hybridized carbons (Fsp3) is 0.889. The van der Waals surface area contributed by atoms with Crippen LogP contribution in [0.4, 0.5) is 0 Å². The van der Waals surface area contributed by atoms with Gasteiger partial charge in [0.05, 0.1) is 6.04 Å². The molecule has 0 bridgehead atoms. The first-order valence-electron chi connectivity index (χ1n) is 9.77. The minimum atomic E-state index is -0.430. The zero-order chi connectivity index (χ0) is 17.6. The Balaban J connectivity index is 0.00000182. The molecule has 1 aliphatic carbocycles. The normalized spacial score (nSPS) is 22.8. The van der Waals surface area contributed by atoms with Crippen molar-refractivity contribution >= 4 is 36.6 Å². The topological polar surface area (TPSA) is 87.9 Å². The highest BCUT2D eigenvalue weighted by molar-refractivity contribution is 5.85. The number of amides is 2. The lowest BCUT2D eigenvalue weighted by Gasteiger charge is -2.38. The Kier molecular flexibility index (Phi) is 10.9. The highest BCUT2D eigenvalue weighted by Gasteiger charge is 2.31. The quantitative estimate of drug-likeness (QED) is 0.653. The van der Waals surface area contributed by atoms with Gasteiger partial charge < -0.3 is 20.7 Å². The Hall–Kier alpha value is -0.600. The van der Waals surface area contributed by atoms with E-state index in [0.717, 1.165) is 58.4 Å². The molecule has 27 heavy (non-hydrogen) atoms. The second kappa shape index (κ2) is 12.1. The van der Waals surface area contributed by atoms with Gasteiger partial charge in [-0.1, -0.05) is 6.42 Å². The van der Waals surface area contributed by atoms with Crippen LogP contribution in [0.1, 0.15) is 32.1 Å². The molecule has 3 N–H and O–H groups in total. The summed E-state index contributed by atoms with van der Waals surface area (Å²) in [5.41, 5.74) is 6.08. The second-order valence-corrected chi connectivity index (χ2v) is 7.56. The summed E-state index contributed by atoms with van der Waals surface area (Å²) in [4.78, 5) is 28.8. The van der Waals surface area contributed by atoms with E-state index in [2.05, 4.69) is 10.2 Å². The standard InChI is InChI=1S/C18H32N4O3.2ClH/c19-16(14-4-12-25-13-5-14)17(23)20-6-7-21-8-10-22(11-9-21)18(24)15-2-1-3-15;;/h14-16H,1-13,19H2,(H,20,23);2*1H. The van der Waals surface area contributed by atoms with Crippen LogP contribution >= 0.6 is 24.8 Å². The van der Waals surface area contributed by atoms with Gasteiger partial charge in [-0.2, -0.15) is 0 Å². The van der Waals surface area contributed by atoms with E-state index in [9.17, 15) is 9.59 Å². The van der Waals surface area contributed by atoms with E-state index < -0.39 is 6.04 Å². The number of hydrogen-bond donors (Lipinski definition) is 2. The molecule has 0 aromatic rings. The molecule has 3 fully saturated rings. The molecule has 3 aliphatic rings. The highest BCUT2D eigenvalue weighted by Crippen LogP contribution is 2.28. The van der Waals surface area contributed by atoms with Gasteiger partial charge in [0, 0.05) is 58.4 Å². The van der Waals surface area contributed by atoms with Crippen molar-refractivity contribution in [1.82, 2.24) is 15.1 Å². The summed E-state index contributed by atoms with van der Waals surface area (Å²) < 4.78 is 5.32. The average Bonchev–Trinajstić information content (AvgIpc) is 2.61. The Morgan fingerprint density at radius 2 is 1.67 bits per heavy atom. The molecule has 158 valence electrons.